The summed E-state index contributed by atoms with van der Waals surface area (Å²) in [7, 11) is 0. The third-order valence-electron chi connectivity index (χ3n) is 1.97. The van der Waals surface area contributed by atoms with Crippen LogP contribution in [-0.4, -0.2) is 15.9 Å². The average Bonchev–Trinajstić information content (AvgIpc) is 2.68. The van der Waals surface area contributed by atoms with Crippen molar-refractivity contribution in [3.05, 3.63) is 40.9 Å². The van der Waals surface area contributed by atoms with E-state index in [4.69, 9.17) is 5.73 Å². The van der Waals surface area contributed by atoms with Gasteiger partial charge in [-0.3, -0.25) is 9.78 Å². The van der Waals surface area contributed by atoms with E-state index in [1.54, 1.807) is 30.7 Å². The summed E-state index contributed by atoms with van der Waals surface area (Å²) in [5.41, 5.74) is 7.11. The van der Waals surface area contributed by atoms with Gasteiger partial charge < -0.3 is 16.0 Å². The molecule has 0 aliphatic rings. The average molecular weight is 281 g/mol. The molecule has 0 fully saturated rings. The van der Waals surface area contributed by atoms with Gasteiger partial charge in [-0.2, -0.15) is 0 Å². The first-order valence-corrected chi connectivity index (χ1v) is 5.31. The van der Waals surface area contributed by atoms with Crippen LogP contribution in [0.1, 0.15) is 10.5 Å². The summed E-state index contributed by atoms with van der Waals surface area (Å²) in [6.45, 7) is 0. The van der Waals surface area contributed by atoms with E-state index in [1.165, 1.54) is 0 Å². The number of pyridine rings is 1. The van der Waals surface area contributed by atoms with Crippen LogP contribution in [0, 0.1) is 0 Å². The van der Waals surface area contributed by atoms with Gasteiger partial charge in [-0.05, 0) is 28.1 Å². The molecule has 0 radical (unpaired) electrons. The van der Waals surface area contributed by atoms with Crippen LogP contribution in [0.2, 0.25) is 0 Å². The highest BCUT2D eigenvalue weighted by molar-refractivity contribution is 9.10. The number of H-pyrrole nitrogens is 1. The fourth-order valence-electron chi connectivity index (χ4n) is 1.21. The Balaban J connectivity index is 2.17. The number of carbonyl (C=O) groups is 1. The summed E-state index contributed by atoms with van der Waals surface area (Å²) in [6.07, 6.45) is 4.78. The highest BCUT2D eigenvalue weighted by Gasteiger charge is 2.09. The van der Waals surface area contributed by atoms with Gasteiger partial charge in [-0.1, -0.05) is 0 Å². The molecule has 0 unspecified atom stereocenters. The number of amides is 1. The second-order valence-electron chi connectivity index (χ2n) is 3.16. The minimum absolute atomic E-state index is 0.247. The molecule has 0 aromatic carbocycles. The molecule has 0 saturated heterocycles. The number of nitrogen functional groups attached to an aromatic ring is 1. The minimum atomic E-state index is -0.247. The number of aromatic amines is 1. The highest BCUT2D eigenvalue weighted by Crippen LogP contribution is 2.20. The van der Waals surface area contributed by atoms with E-state index in [2.05, 4.69) is 31.2 Å². The second-order valence-corrected chi connectivity index (χ2v) is 4.01. The lowest BCUT2D eigenvalue weighted by molar-refractivity contribution is 0.102. The number of nitrogens with one attached hydrogen (secondary N) is 2. The third kappa shape index (κ3) is 2.22. The maximum absolute atomic E-state index is 11.7. The molecule has 0 bridgehead atoms. The second kappa shape index (κ2) is 4.36. The highest BCUT2D eigenvalue weighted by atomic mass is 79.9. The molecule has 2 rings (SSSR count). The Bertz CT molecular complexity index is 523. The molecular formula is C10H9BrN4O. The number of hydrogen-bond donors (Lipinski definition) is 3. The molecule has 0 aliphatic carbocycles. The normalized spacial score (nSPS) is 10.1. The van der Waals surface area contributed by atoms with Crippen molar-refractivity contribution in [2.24, 2.45) is 0 Å². The molecule has 2 heterocycles. The van der Waals surface area contributed by atoms with E-state index < -0.39 is 0 Å². The summed E-state index contributed by atoms with van der Waals surface area (Å²) in [4.78, 5) is 18.4. The predicted molar refractivity (Wildman–Crippen MR) is 65.1 cm³/mol. The van der Waals surface area contributed by atoms with Crippen LogP contribution in [-0.2, 0) is 0 Å². The summed E-state index contributed by atoms with van der Waals surface area (Å²) in [5.74, 6) is -0.247. The predicted octanol–water partition coefficient (Wildman–Crippen LogP) is 2.01. The van der Waals surface area contributed by atoms with Gasteiger partial charge in [0.2, 0.25) is 0 Å². The molecule has 0 spiro atoms. The molecule has 2 aromatic heterocycles. The number of nitrogens with zero attached hydrogens (tertiary/aromatic N) is 1. The number of carbonyl (C=O) groups excluding carboxylic acids is 1. The Morgan fingerprint density at radius 1 is 1.56 bits per heavy atom. The first-order valence-electron chi connectivity index (χ1n) is 4.51. The number of hydrogen-bond acceptors (Lipinski definition) is 3. The Labute approximate surface area is 100 Å². The lowest BCUT2D eigenvalue weighted by atomic mass is 10.3. The Hall–Kier alpha value is -1.82. The van der Waals surface area contributed by atoms with E-state index in [0.29, 0.717) is 17.1 Å². The standard InChI is InChI=1S/C10H9BrN4O/c11-7-5-13-2-1-8(7)15-10(16)9-3-6(12)4-14-9/h1-5,14H,12H2,(H,13,15,16). The fraction of sp³-hybridized carbons (Fsp3) is 0. The van der Waals surface area contributed by atoms with Crippen molar-refractivity contribution in [1.82, 2.24) is 9.97 Å². The zero-order chi connectivity index (χ0) is 11.5. The van der Waals surface area contributed by atoms with Crippen molar-refractivity contribution in [2.45, 2.75) is 0 Å². The molecule has 4 N–H and O–H groups in total. The maximum atomic E-state index is 11.7. The molecule has 1 amide bonds. The van der Waals surface area contributed by atoms with Crippen molar-refractivity contribution in [3.63, 3.8) is 0 Å². The minimum Gasteiger partial charge on any atom is -0.397 e. The van der Waals surface area contributed by atoms with Gasteiger partial charge in [0.15, 0.2) is 0 Å². The van der Waals surface area contributed by atoms with Gasteiger partial charge in [-0.25, -0.2) is 0 Å². The SMILES string of the molecule is Nc1c[nH]c(C(=O)Nc2ccncc2Br)c1. The fourth-order valence-corrected chi connectivity index (χ4v) is 1.56. The summed E-state index contributed by atoms with van der Waals surface area (Å²) < 4.78 is 0.725. The lowest BCUT2D eigenvalue weighted by Crippen LogP contribution is -2.12. The molecule has 5 nitrogen and oxygen atoms in total. The van der Waals surface area contributed by atoms with Crippen molar-refractivity contribution >= 4 is 33.2 Å². The molecule has 82 valence electrons. The van der Waals surface area contributed by atoms with Crippen LogP contribution < -0.4 is 11.1 Å². The summed E-state index contributed by atoms with van der Waals surface area (Å²) >= 11 is 3.29. The number of halogens is 1. The van der Waals surface area contributed by atoms with Crippen molar-refractivity contribution < 1.29 is 4.79 Å². The molecule has 16 heavy (non-hydrogen) atoms. The van der Waals surface area contributed by atoms with E-state index in [0.717, 1.165) is 4.47 Å². The number of nitrogens with two attached hydrogens (primary N) is 1. The molecule has 0 saturated carbocycles. The quantitative estimate of drug-likeness (QED) is 0.787. The molecule has 0 aliphatic heterocycles. The lowest BCUT2D eigenvalue weighted by Gasteiger charge is -2.04. The summed E-state index contributed by atoms with van der Waals surface area (Å²) in [6, 6.07) is 3.28. The number of rotatable bonds is 2. The first-order chi connectivity index (χ1) is 7.66. The van der Waals surface area contributed by atoms with Crippen LogP contribution in [0.3, 0.4) is 0 Å². The van der Waals surface area contributed by atoms with Crippen LogP contribution in [0.5, 0.6) is 0 Å². The summed E-state index contributed by atoms with van der Waals surface area (Å²) in [5, 5.41) is 2.73. The largest absolute Gasteiger partial charge is 0.397 e. The van der Waals surface area contributed by atoms with Crippen molar-refractivity contribution in [3.8, 4) is 0 Å². The Morgan fingerprint density at radius 2 is 2.38 bits per heavy atom. The monoisotopic (exact) mass is 280 g/mol. The molecule has 2 aromatic rings. The van der Waals surface area contributed by atoms with Gasteiger partial charge in [0.25, 0.3) is 5.91 Å². The molecule has 6 heteroatoms. The smallest absolute Gasteiger partial charge is 0.272 e. The van der Waals surface area contributed by atoms with Crippen LogP contribution >= 0.6 is 15.9 Å². The van der Waals surface area contributed by atoms with E-state index >= 15 is 0 Å². The molecule has 0 atom stereocenters. The maximum Gasteiger partial charge on any atom is 0.272 e. The van der Waals surface area contributed by atoms with Crippen LogP contribution in [0.4, 0.5) is 11.4 Å². The zero-order valence-electron chi connectivity index (χ0n) is 8.20. The van der Waals surface area contributed by atoms with E-state index in [9.17, 15) is 4.79 Å². The van der Waals surface area contributed by atoms with Crippen molar-refractivity contribution in [2.75, 3.05) is 11.1 Å². The first kappa shape index (κ1) is 10.7. The zero-order valence-corrected chi connectivity index (χ0v) is 9.78. The van der Waals surface area contributed by atoms with Crippen LogP contribution in [0.25, 0.3) is 0 Å². The Morgan fingerprint density at radius 3 is 3.00 bits per heavy atom. The number of aromatic nitrogens is 2. The van der Waals surface area contributed by atoms with Crippen molar-refractivity contribution in [1.29, 1.82) is 0 Å². The van der Waals surface area contributed by atoms with Gasteiger partial charge in [0.1, 0.15) is 5.69 Å². The van der Waals surface area contributed by atoms with E-state index in [-0.39, 0.29) is 5.91 Å². The van der Waals surface area contributed by atoms with Gasteiger partial charge in [0, 0.05) is 24.3 Å². The van der Waals surface area contributed by atoms with E-state index in [1.807, 2.05) is 0 Å². The van der Waals surface area contributed by atoms with Gasteiger partial charge >= 0.3 is 0 Å². The Kier molecular flexibility index (Phi) is 2.91. The third-order valence-corrected chi connectivity index (χ3v) is 2.60. The topological polar surface area (TPSA) is 83.8 Å². The van der Waals surface area contributed by atoms with Gasteiger partial charge in [0.05, 0.1) is 10.2 Å². The number of anilines is 2. The molecular weight excluding hydrogens is 272 g/mol. The van der Waals surface area contributed by atoms with Gasteiger partial charge in [-0.15, -0.1) is 0 Å². The van der Waals surface area contributed by atoms with Crippen LogP contribution in [0.15, 0.2) is 35.2 Å².